The van der Waals surface area contributed by atoms with Crippen molar-refractivity contribution in [3.8, 4) is 11.5 Å². The summed E-state index contributed by atoms with van der Waals surface area (Å²) in [6, 6.07) is 14.8. The molecule has 28 heavy (non-hydrogen) atoms. The lowest BCUT2D eigenvalue weighted by Crippen LogP contribution is -2.37. The second kappa shape index (κ2) is 11.0. The maximum atomic E-state index is 12.2. The Hall–Kier alpha value is -3.02. The maximum Gasteiger partial charge on any atom is 0.260 e. The molecular weight excluding hydrogens is 356 g/mol. The van der Waals surface area contributed by atoms with E-state index < -0.39 is 0 Å². The van der Waals surface area contributed by atoms with Crippen molar-refractivity contribution in [2.24, 2.45) is 0 Å². The minimum atomic E-state index is -0.273. The summed E-state index contributed by atoms with van der Waals surface area (Å²) in [7, 11) is 1.58. The molecule has 0 aliphatic heterocycles. The lowest BCUT2D eigenvalue weighted by atomic mass is 10.1. The molecule has 0 aromatic heterocycles. The van der Waals surface area contributed by atoms with Gasteiger partial charge in [-0.05, 0) is 48.7 Å². The zero-order valence-electron chi connectivity index (χ0n) is 16.7. The summed E-state index contributed by atoms with van der Waals surface area (Å²) in [5, 5.41) is 2.86. The first-order chi connectivity index (χ1) is 13.5. The number of hydrogen-bond acceptors (Lipinski definition) is 4. The SMILES string of the molecule is CCCOc1ccc(OCC(=O)N(C)CC(=O)Nc2ccccc2CC)cc1. The van der Waals surface area contributed by atoms with Crippen LogP contribution in [0.1, 0.15) is 25.8 Å². The monoisotopic (exact) mass is 384 g/mol. The smallest absolute Gasteiger partial charge is 0.260 e. The number of aryl methyl sites for hydroxylation is 1. The summed E-state index contributed by atoms with van der Waals surface area (Å²) >= 11 is 0. The van der Waals surface area contributed by atoms with Gasteiger partial charge in [0, 0.05) is 12.7 Å². The van der Waals surface area contributed by atoms with Crippen molar-refractivity contribution in [1.29, 1.82) is 0 Å². The van der Waals surface area contributed by atoms with Crippen molar-refractivity contribution in [2.75, 3.05) is 32.1 Å². The first-order valence-electron chi connectivity index (χ1n) is 9.50. The molecule has 0 aliphatic carbocycles. The molecule has 2 amide bonds. The second-order valence-corrected chi connectivity index (χ2v) is 6.42. The number of nitrogens with one attached hydrogen (secondary N) is 1. The summed E-state index contributed by atoms with van der Waals surface area (Å²) in [4.78, 5) is 25.8. The maximum absolute atomic E-state index is 12.2. The first-order valence-corrected chi connectivity index (χ1v) is 9.50. The molecule has 0 unspecified atom stereocenters. The quantitative estimate of drug-likeness (QED) is 0.681. The van der Waals surface area contributed by atoms with Gasteiger partial charge < -0.3 is 19.7 Å². The standard InChI is InChI=1S/C22H28N2O4/c1-4-14-27-18-10-12-19(13-11-18)28-16-22(26)24(3)15-21(25)23-20-9-7-6-8-17(20)5-2/h6-13H,4-5,14-16H2,1-3H3,(H,23,25). The van der Waals surface area contributed by atoms with Gasteiger partial charge in [-0.3, -0.25) is 9.59 Å². The molecule has 6 heteroatoms. The summed E-state index contributed by atoms with van der Waals surface area (Å²) in [6.07, 6.45) is 1.76. The number of amides is 2. The van der Waals surface area contributed by atoms with Crippen LogP contribution in [-0.2, 0) is 16.0 Å². The van der Waals surface area contributed by atoms with Gasteiger partial charge in [-0.2, -0.15) is 0 Å². The van der Waals surface area contributed by atoms with Crippen molar-refractivity contribution in [3.63, 3.8) is 0 Å². The van der Waals surface area contributed by atoms with E-state index >= 15 is 0 Å². The van der Waals surface area contributed by atoms with Gasteiger partial charge in [0.25, 0.3) is 5.91 Å². The zero-order chi connectivity index (χ0) is 20.4. The number of ether oxygens (including phenoxy) is 2. The molecule has 1 N–H and O–H groups in total. The van der Waals surface area contributed by atoms with Crippen LogP contribution in [0.15, 0.2) is 48.5 Å². The van der Waals surface area contributed by atoms with E-state index in [2.05, 4.69) is 5.32 Å². The topological polar surface area (TPSA) is 67.9 Å². The van der Waals surface area contributed by atoms with Gasteiger partial charge in [-0.25, -0.2) is 0 Å². The normalized spacial score (nSPS) is 10.2. The van der Waals surface area contributed by atoms with Crippen LogP contribution in [-0.4, -0.2) is 43.5 Å². The molecule has 150 valence electrons. The summed E-state index contributed by atoms with van der Waals surface area (Å²) in [5.41, 5.74) is 1.83. The molecule has 2 rings (SSSR count). The number of nitrogens with zero attached hydrogens (tertiary/aromatic N) is 1. The van der Waals surface area contributed by atoms with E-state index in [-0.39, 0.29) is 25.0 Å². The van der Waals surface area contributed by atoms with Crippen LogP contribution in [0.4, 0.5) is 5.69 Å². The fourth-order valence-electron chi connectivity index (χ4n) is 2.55. The van der Waals surface area contributed by atoms with Gasteiger partial charge >= 0.3 is 0 Å². The number of hydrogen-bond donors (Lipinski definition) is 1. The Labute approximate surface area is 166 Å². The lowest BCUT2D eigenvalue weighted by molar-refractivity contribution is -0.135. The van der Waals surface area contributed by atoms with Gasteiger partial charge in [0.2, 0.25) is 5.91 Å². The van der Waals surface area contributed by atoms with Crippen molar-refractivity contribution in [2.45, 2.75) is 26.7 Å². The van der Waals surface area contributed by atoms with Crippen LogP contribution in [0, 0.1) is 0 Å². The van der Waals surface area contributed by atoms with Crippen molar-refractivity contribution in [3.05, 3.63) is 54.1 Å². The first kappa shape index (κ1) is 21.3. The molecule has 0 saturated heterocycles. The molecule has 0 aliphatic rings. The predicted molar refractivity (Wildman–Crippen MR) is 110 cm³/mol. The molecule has 0 atom stereocenters. The van der Waals surface area contributed by atoms with E-state index in [9.17, 15) is 9.59 Å². The number of carbonyl (C=O) groups excluding carboxylic acids is 2. The predicted octanol–water partition coefficient (Wildman–Crippen LogP) is 3.51. The van der Waals surface area contributed by atoms with Gasteiger partial charge in [-0.1, -0.05) is 32.0 Å². The van der Waals surface area contributed by atoms with Crippen LogP contribution in [0.2, 0.25) is 0 Å². The van der Waals surface area contributed by atoms with Crippen LogP contribution in [0.25, 0.3) is 0 Å². The van der Waals surface area contributed by atoms with E-state index in [1.165, 1.54) is 4.90 Å². The largest absolute Gasteiger partial charge is 0.494 e. The Balaban J connectivity index is 1.79. The molecular formula is C22H28N2O4. The Morgan fingerprint density at radius 3 is 2.25 bits per heavy atom. The van der Waals surface area contributed by atoms with Crippen LogP contribution < -0.4 is 14.8 Å². The van der Waals surface area contributed by atoms with Crippen molar-refractivity contribution < 1.29 is 19.1 Å². The number of likely N-dealkylation sites (N-methyl/N-ethyl adjacent to an activating group) is 1. The Kier molecular flexibility index (Phi) is 8.34. The Morgan fingerprint density at radius 1 is 0.964 bits per heavy atom. The molecule has 6 nitrogen and oxygen atoms in total. The van der Waals surface area contributed by atoms with Crippen molar-refractivity contribution in [1.82, 2.24) is 4.90 Å². The number of benzene rings is 2. The van der Waals surface area contributed by atoms with E-state index in [1.807, 2.05) is 38.1 Å². The fraction of sp³-hybridized carbons (Fsp3) is 0.364. The van der Waals surface area contributed by atoms with Crippen LogP contribution >= 0.6 is 0 Å². The highest BCUT2D eigenvalue weighted by Gasteiger charge is 2.14. The summed E-state index contributed by atoms with van der Waals surface area (Å²) in [5.74, 6) is 0.827. The minimum Gasteiger partial charge on any atom is -0.494 e. The fourth-order valence-corrected chi connectivity index (χ4v) is 2.55. The lowest BCUT2D eigenvalue weighted by Gasteiger charge is -2.18. The third-order valence-electron chi connectivity index (χ3n) is 4.14. The molecule has 0 spiro atoms. The Bertz CT molecular complexity index is 774. The zero-order valence-corrected chi connectivity index (χ0v) is 16.7. The highest BCUT2D eigenvalue weighted by molar-refractivity contribution is 5.95. The van der Waals surface area contributed by atoms with Crippen molar-refractivity contribution >= 4 is 17.5 Å². The molecule has 0 radical (unpaired) electrons. The van der Waals surface area contributed by atoms with Gasteiger partial charge in [0.15, 0.2) is 6.61 Å². The molecule has 2 aromatic carbocycles. The molecule has 0 saturated carbocycles. The van der Waals surface area contributed by atoms with Crippen LogP contribution in [0.5, 0.6) is 11.5 Å². The highest BCUT2D eigenvalue weighted by atomic mass is 16.5. The van der Waals surface area contributed by atoms with E-state index in [1.54, 1.807) is 31.3 Å². The summed E-state index contributed by atoms with van der Waals surface area (Å²) < 4.78 is 11.0. The molecule has 2 aromatic rings. The molecule has 0 heterocycles. The van der Waals surface area contributed by atoms with E-state index in [0.717, 1.165) is 29.8 Å². The summed E-state index contributed by atoms with van der Waals surface area (Å²) in [6.45, 7) is 4.56. The number of rotatable bonds is 10. The van der Waals surface area contributed by atoms with E-state index in [4.69, 9.17) is 9.47 Å². The molecule has 0 bridgehead atoms. The van der Waals surface area contributed by atoms with Gasteiger partial charge in [-0.15, -0.1) is 0 Å². The third-order valence-corrected chi connectivity index (χ3v) is 4.14. The minimum absolute atomic E-state index is 0.0377. The number of carbonyl (C=O) groups is 2. The molecule has 0 fully saturated rings. The Morgan fingerprint density at radius 2 is 1.61 bits per heavy atom. The average Bonchev–Trinajstić information content (AvgIpc) is 2.71. The average molecular weight is 384 g/mol. The third kappa shape index (κ3) is 6.61. The van der Waals surface area contributed by atoms with E-state index in [0.29, 0.717) is 12.4 Å². The number of para-hydroxylation sites is 1. The van der Waals surface area contributed by atoms with Gasteiger partial charge in [0.05, 0.1) is 13.2 Å². The number of anilines is 1. The van der Waals surface area contributed by atoms with Crippen LogP contribution in [0.3, 0.4) is 0 Å². The van der Waals surface area contributed by atoms with Gasteiger partial charge in [0.1, 0.15) is 11.5 Å². The second-order valence-electron chi connectivity index (χ2n) is 6.42. The highest BCUT2D eigenvalue weighted by Crippen LogP contribution is 2.18.